The molecule has 0 aromatic heterocycles. The molecule has 6 nitrogen and oxygen atoms in total. The molecule has 0 aliphatic rings. The average molecular weight is 291 g/mol. The van der Waals surface area contributed by atoms with Gasteiger partial charge < -0.3 is 0 Å². The van der Waals surface area contributed by atoms with E-state index in [0.29, 0.717) is 12.0 Å². The van der Waals surface area contributed by atoms with Crippen LogP contribution in [0.3, 0.4) is 0 Å². The topological polar surface area (TPSA) is 84.6 Å². The largest absolute Gasteiger partial charge is 0.278 e. The standard InChI is InChI=1S/C15H21N3O3/c1-2-3-4-5-6-11-15(19)17-16-12-13-9-7-8-10-14(13)18(20)21/h7-10,12H,2-6,11H2,1H3,(H,17,19). The summed E-state index contributed by atoms with van der Waals surface area (Å²) in [5, 5.41) is 14.6. The Morgan fingerprint density at radius 1 is 1.29 bits per heavy atom. The molecule has 0 spiro atoms. The Hall–Kier alpha value is -2.24. The van der Waals surface area contributed by atoms with Crippen molar-refractivity contribution >= 4 is 17.8 Å². The lowest BCUT2D eigenvalue weighted by Crippen LogP contribution is -2.17. The van der Waals surface area contributed by atoms with E-state index in [0.717, 1.165) is 19.3 Å². The SMILES string of the molecule is CCCCCCCC(=O)NN=Cc1ccccc1[N+](=O)[O-]. The number of rotatable bonds is 9. The maximum atomic E-state index is 11.5. The molecule has 0 saturated heterocycles. The zero-order valence-corrected chi connectivity index (χ0v) is 12.2. The van der Waals surface area contributed by atoms with Gasteiger partial charge in [-0.2, -0.15) is 5.10 Å². The highest BCUT2D eigenvalue weighted by Gasteiger charge is 2.09. The molecular formula is C15H21N3O3. The van der Waals surface area contributed by atoms with Crippen LogP contribution in [0.25, 0.3) is 0 Å². The van der Waals surface area contributed by atoms with Crippen molar-refractivity contribution in [2.45, 2.75) is 45.4 Å². The van der Waals surface area contributed by atoms with Crippen molar-refractivity contribution in [1.29, 1.82) is 0 Å². The van der Waals surface area contributed by atoms with Crippen LogP contribution in [-0.2, 0) is 4.79 Å². The van der Waals surface area contributed by atoms with Gasteiger partial charge in [0.15, 0.2) is 0 Å². The van der Waals surface area contributed by atoms with Crippen LogP contribution in [0, 0.1) is 10.1 Å². The molecule has 0 heterocycles. The number of hydrogen-bond acceptors (Lipinski definition) is 4. The van der Waals surface area contributed by atoms with E-state index in [1.165, 1.54) is 25.1 Å². The van der Waals surface area contributed by atoms with Crippen molar-refractivity contribution in [3.8, 4) is 0 Å². The van der Waals surface area contributed by atoms with Gasteiger partial charge in [0.2, 0.25) is 5.91 Å². The van der Waals surface area contributed by atoms with Gasteiger partial charge in [-0.25, -0.2) is 5.43 Å². The van der Waals surface area contributed by atoms with E-state index in [4.69, 9.17) is 0 Å². The number of amides is 1. The van der Waals surface area contributed by atoms with Crippen LogP contribution < -0.4 is 5.43 Å². The van der Waals surface area contributed by atoms with Crippen LogP contribution in [0.15, 0.2) is 29.4 Å². The van der Waals surface area contributed by atoms with Gasteiger partial charge in [-0.1, -0.05) is 44.7 Å². The predicted molar refractivity (Wildman–Crippen MR) is 82.2 cm³/mol. The summed E-state index contributed by atoms with van der Waals surface area (Å²) >= 11 is 0. The van der Waals surface area contributed by atoms with Crippen LogP contribution in [0.4, 0.5) is 5.69 Å². The molecule has 0 aliphatic carbocycles. The highest BCUT2D eigenvalue weighted by Crippen LogP contribution is 2.15. The first-order valence-electron chi connectivity index (χ1n) is 7.20. The van der Waals surface area contributed by atoms with Crippen LogP contribution >= 0.6 is 0 Å². The number of nitro groups is 1. The lowest BCUT2D eigenvalue weighted by molar-refractivity contribution is -0.385. The van der Waals surface area contributed by atoms with E-state index < -0.39 is 4.92 Å². The Morgan fingerprint density at radius 3 is 2.71 bits per heavy atom. The number of hydrazone groups is 1. The third-order valence-electron chi connectivity index (χ3n) is 3.03. The van der Waals surface area contributed by atoms with Gasteiger partial charge in [0.1, 0.15) is 0 Å². The molecule has 0 aliphatic heterocycles. The number of para-hydroxylation sites is 1. The molecule has 1 N–H and O–H groups in total. The van der Waals surface area contributed by atoms with E-state index in [-0.39, 0.29) is 11.6 Å². The molecule has 1 aromatic carbocycles. The van der Waals surface area contributed by atoms with Crippen molar-refractivity contribution in [3.05, 3.63) is 39.9 Å². The maximum Gasteiger partial charge on any atom is 0.278 e. The van der Waals surface area contributed by atoms with Crippen molar-refractivity contribution < 1.29 is 9.72 Å². The van der Waals surface area contributed by atoms with Gasteiger partial charge in [0, 0.05) is 12.5 Å². The lowest BCUT2D eigenvalue weighted by atomic mass is 10.1. The quantitative estimate of drug-likeness (QED) is 0.327. The van der Waals surface area contributed by atoms with E-state index in [9.17, 15) is 14.9 Å². The zero-order valence-electron chi connectivity index (χ0n) is 12.2. The number of hydrogen-bond donors (Lipinski definition) is 1. The zero-order chi connectivity index (χ0) is 15.5. The lowest BCUT2D eigenvalue weighted by Gasteiger charge is -2.00. The molecule has 0 saturated carbocycles. The number of nitro benzene ring substituents is 1. The smallest absolute Gasteiger partial charge is 0.273 e. The number of carbonyl (C=O) groups excluding carboxylic acids is 1. The number of carbonyl (C=O) groups is 1. The van der Waals surface area contributed by atoms with Gasteiger partial charge in [-0.15, -0.1) is 0 Å². The summed E-state index contributed by atoms with van der Waals surface area (Å²) in [5.41, 5.74) is 2.73. The second-order valence-electron chi connectivity index (χ2n) is 4.77. The van der Waals surface area contributed by atoms with Crippen LogP contribution in [0.2, 0.25) is 0 Å². The molecular weight excluding hydrogens is 270 g/mol. The Morgan fingerprint density at radius 2 is 2.00 bits per heavy atom. The number of nitrogens with zero attached hydrogens (tertiary/aromatic N) is 2. The highest BCUT2D eigenvalue weighted by atomic mass is 16.6. The molecule has 6 heteroatoms. The molecule has 114 valence electrons. The third kappa shape index (κ3) is 6.65. The Labute approximate surface area is 124 Å². The minimum Gasteiger partial charge on any atom is -0.273 e. The van der Waals surface area contributed by atoms with E-state index >= 15 is 0 Å². The van der Waals surface area contributed by atoms with Crippen LogP contribution in [-0.4, -0.2) is 17.0 Å². The monoisotopic (exact) mass is 291 g/mol. The van der Waals surface area contributed by atoms with E-state index in [1.807, 2.05) is 0 Å². The molecule has 0 unspecified atom stereocenters. The summed E-state index contributed by atoms with van der Waals surface area (Å²) in [5.74, 6) is -0.165. The fourth-order valence-corrected chi connectivity index (χ4v) is 1.88. The van der Waals surface area contributed by atoms with Crippen LogP contribution in [0.1, 0.15) is 51.0 Å². The minimum atomic E-state index is -0.475. The van der Waals surface area contributed by atoms with Crippen molar-refractivity contribution in [2.24, 2.45) is 5.10 Å². The van der Waals surface area contributed by atoms with Crippen molar-refractivity contribution in [2.75, 3.05) is 0 Å². The van der Waals surface area contributed by atoms with Gasteiger partial charge in [-0.05, 0) is 12.5 Å². The molecule has 0 atom stereocenters. The third-order valence-corrected chi connectivity index (χ3v) is 3.03. The fraction of sp³-hybridized carbons (Fsp3) is 0.467. The van der Waals surface area contributed by atoms with Gasteiger partial charge in [0.25, 0.3) is 5.69 Å². The molecule has 0 bridgehead atoms. The summed E-state index contributed by atoms with van der Waals surface area (Å²) in [4.78, 5) is 21.9. The second-order valence-corrected chi connectivity index (χ2v) is 4.77. The Bertz CT molecular complexity index is 501. The number of nitrogens with one attached hydrogen (secondary N) is 1. The molecule has 0 radical (unpaired) electrons. The molecule has 0 fully saturated rings. The second kappa shape index (κ2) is 9.63. The summed E-state index contributed by atoms with van der Waals surface area (Å²) < 4.78 is 0. The highest BCUT2D eigenvalue weighted by molar-refractivity contribution is 5.86. The molecule has 1 aromatic rings. The summed E-state index contributed by atoms with van der Waals surface area (Å²) in [6.07, 6.45) is 7.11. The first kappa shape index (κ1) is 16.8. The molecule has 1 rings (SSSR count). The summed E-state index contributed by atoms with van der Waals surface area (Å²) in [7, 11) is 0. The number of unbranched alkanes of at least 4 members (excludes halogenated alkanes) is 4. The van der Waals surface area contributed by atoms with Crippen LogP contribution in [0.5, 0.6) is 0 Å². The maximum absolute atomic E-state index is 11.5. The van der Waals surface area contributed by atoms with E-state index in [2.05, 4.69) is 17.5 Å². The van der Waals surface area contributed by atoms with E-state index in [1.54, 1.807) is 18.2 Å². The summed E-state index contributed by atoms with van der Waals surface area (Å²) in [6.45, 7) is 2.14. The molecule has 21 heavy (non-hydrogen) atoms. The Kier molecular flexibility index (Phi) is 7.71. The van der Waals surface area contributed by atoms with Gasteiger partial charge in [0.05, 0.1) is 16.7 Å². The first-order valence-corrected chi connectivity index (χ1v) is 7.20. The fourth-order valence-electron chi connectivity index (χ4n) is 1.88. The van der Waals surface area contributed by atoms with Gasteiger partial charge in [-0.3, -0.25) is 14.9 Å². The van der Waals surface area contributed by atoms with Crippen molar-refractivity contribution in [1.82, 2.24) is 5.43 Å². The summed E-state index contributed by atoms with van der Waals surface area (Å²) in [6, 6.07) is 6.25. The van der Waals surface area contributed by atoms with Gasteiger partial charge >= 0.3 is 0 Å². The Balaban J connectivity index is 2.37. The normalized spacial score (nSPS) is 10.7. The minimum absolute atomic E-state index is 0.0323. The molecule has 1 amide bonds. The predicted octanol–water partition coefficient (Wildman–Crippen LogP) is 3.41. The number of benzene rings is 1. The van der Waals surface area contributed by atoms with Crippen molar-refractivity contribution in [3.63, 3.8) is 0 Å². The first-order chi connectivity index (χ1) is 10.1. The average Bonchev–Trinajstić information content (AvgIpc) is 2.47.